The van der Waals surface area contributed by atoms with Crippen molar-refractivity contribution in [3.05, 3.63) is 96.1 Å². The molecular formula is C25H24N2O3. The molecule has 1 saturated heterocycles. The Morgan fingerprint density at radius 3 is 2.40 bits per heavy atom. The first kappa shape index (κ1) is 19.7. The van der Waals surface area contributed by atoms with Crippen molar-refractivity contribution >= 4 is 17.5 Å². The van der Waals surface area contributed by atoms with Crippen LogP contribution < -0.4 is 15.0 Å². The SMILES string of the molecule is O=C(NCc1cccc(N2CCCC2=O)c1)C(Oc1ccccc1)c1ccccc1. The number of nitrogens with zero attached hydrogens (tertiary/aromatic N) is 1. The lowest BCUT2D eigenvalue weighted by molar-refractivity contribution is -0.128. The highest BCUT2D eigenvalue weighted by Gasteiger charge is 2.23. The van der Waals surface area contributed by atoms with Crippen molar-refractivity contribution in [1.82, 2.24) is 5.32 Å². The van der Waals surface area contributed by atoms with E-state index in [-0.39, 0.29) is 11.8 Å². The minimum Gasteiger partial charge on any atom is -0.476 e. The quantitative estimate of drug-likeness (QED) is 0.645. The van der Waals surface area contributed by atoms with Gasteiger partial charge >= 0.3 is 0 Å². The first-order valence-corrected chi connectivity index (χ1v) is 10.1. The normalized spacial score (nSPS) is 14.4. The summed E-state index contributed by atoms with van der Waals surface area (Å²) in [6.45, 7) is 1.10. The van der Waals surface area contributed by atoms with E-state index in [0.29, 0.717) is 18.7 Å². The molecule has 4 rings (SSSR count). The van der Waals surface area contributed by atoms with Crippen molar-refractivity contribution in [1.29, 1.82) is 0 Å². The van der Waals surface area contributed by atoms with Crippen LogP contribution in [0.3, 0.4) is 0 Å². The zero-order valence-corrected chi connectivity index (χ0v) is 16.7. The fourth-order valence-corrected chi connectivity index (χ4v) is 3.57. The maximum atomic E-state index is 13.0. The molecule has 0 aromatic heterocycles. The smallest absolute Gasteiger partial charge is 0.266 e. The number of nitrogens with one attached hydrogen (secondary N) is 1. The third-order valence-electron chi connectivity index (χ3n) is 5.10. The fourth-order valence-electron chi connectivity index (χ4n) is 3.57. The van der Waals surface area contributed by atoms with Gasteiger partial charge in [0.25, 0.3) is 5.91 Å². The van der Waals surface area contributed by atoms with Gasteiger partial charge in [-0.05, 0) is 36.2 Å². The van der Waals surface area contributed by atoms with Crippen molar-refractivity contribution in [3.8, 4) is 5.75 Å². The second-order valence-corrected chi connectivity index (χ2v) is 7.26. The topological polar surface area (TPSA) is 58.6 Å². The van der Waals surface area contributed by atoms with Gasteiger partial charge in [-0.15, -0.1) is 0 Å². The van der Waals surface area contributed by atoms with Crippen LogP contribution in [-0.2, 0) is 16.1 Å². The fraction of sp³-hybridized carbons (Fsp3) is 0.200. The van der Waals surface area contributed by atoms with E-state index in [9.17, 15) is 9.59 Å². The summed E-state index contributed by atoms with van der Waals surface area (Å²) in [7, 11) is 0. The Labute approximate surface area is 176 Å². The summed E-state index contributed by atoms with van der Waals surface area (Å²) >= 11 is 0. The van der Waals surface area contributed by atoms with E-state index in [1.165, 1.54) is 0 Å². The van der Waals surface area contributed by atoms with E-state index in [1.54, 1.807) is 4.90 Å². The molecule has 5 heteroatoms. The zero-order chi connectivity index (χ0) is 20.8. The third-order valence-corrected chi connectivity index (χ3v) is 5.10. The molecule has 0 radical (unpaired) electrons. The molecule has 3 aromatic carbocycles. The van der Waals surface area contributed by atoms with Crippen LogP contribution in [0, 0.1) is 0 Å². The Morgan fingerprint density at radius 2 is 1.70 bits per heavy atom. The molecule has 0 aliphatic carbocycles. The van der Waals surface area contributed by atoms with Gasteiger partial charge in [-0.25, -0.2) is 0 Å². The summed E-state index contributed by atoms with van der Waals surface area (Å²) in [5.41, 5.74) is 2.60. The Kier molecular flexibility index (Phi) is 6.09. The van der Waals surface area contributed by atoms with Gasteiger partial charge in [-0.3, -0.25) is 9.59 Å². The first-order valence-electron chi connectivity index (χ1n) is 10.1. The predicted octanol–water partition coefficient (Wildman–Crippen LogP) is 4.25. The molecule has 1 atom stereocenters. The number of rotatable bonds is 7. The largest absolute Gasteiger partial charge is 0.476 e. The molecule has 0 bridgehead atoms. The molecule has 1 unspecified atom stereocenters. The Morgan fingerprint density at radius 1 is 0.967 bits per heavy atom. The van der Waals surface area contributed by atoms with Gasteiger partial charge in [0.2, 0.25) is 12.0 Å². The predicted molar refractivity (Wildman–Crippen MR) is 116 cm³/mol. The number of carbonyl (C=O) groups is 2. The van der Waals surface area contributed by atoms with Crippen LogP contribution in [-0.4, -0.2) is 18.4 Å². The van der Waals surface area contributed by atoms with Crippen LogP contribution in [0.5, 0.6) is 5.75 Å². The van der Waals surface area contributed by atoms with Crippen LogP contribution in [0.1, 0.15) is 30.1 Å². The molecular weight excluding hydrogens is 376 g/mol. The summed E-state index contributed by atoms with van der Waals surface area (Å²) in [6, 6.07) is 26.5. The molecule has 1 aliphatic rings. The van der Waals surface area contributed by atoms with Crippen LogP contribution in [0.2, 0.25) is 0 Å². The highest BCUT2D eigenvalue weighted by atomic mass is 16.5. The van der Waals surface area contributed by atoms with Gasteiger partial charge in [-0.1, -0.05) is 60.7 Å². The van der Waals surface area contributed by atoms with Crippen molar-refractivity contribution in [2.24, 2.45) is 0 Å². The molecule has 5 nitrogen and oxygen atoms in total. The molecule has 3 aromatic rings. The van der Waals surface area contributed by atoms with Gasteiger partial charge in [0.15, 0.2) is 0 Å². The summed E-state index contributed by atoms with van der Waals surface area (Å²) in [6.07, 6.45) is 0.725. The molecule has 0 spiro atoms. The van der Waals surface area contributed by atoms with Crippen LogP contribution in [0.4, 0.5) is 5.69 Å². The van der Waals surface area contributed by atoms with E-state index < -0.39 is 6.10 Å². The molecule has 0 saturated carbocycles. The number of benzene rings is 3. The standard InChI is InChI=1S/C25H24N2O3/c28-23-15-8-16-27(23)21-12-7-9-19(17-21)18-26-25(29)24(20-10-3-1-4-11-20)30-22-13-5-2-6-14-22/h1-7,9-14,17,24H,8,15-16,18H2,(H,26,29). The molecule has 30 heavy (non-hydrogen) atoms. The molecule has 2 amide bonds. The molecule has 1 fully saturated rings. The number of para-hydroxylation sites is 1. The Bertz CT molecular complexity index is 1010. The van der Waals surface area contributed by atoms with Crippen LogP contribution in [0.15, 0.2) is 84.9 Å². The summed E-state index contributed by atoms with van der Waals surface area (Å²) in [4.78, 5) is 26.8. The highest BCUT2D eigenvalue weighted by Crippen LogP contribution is 2.24. The number of amides is 2. The molecule has 1 N–H and O–H groups in total. The minimum atomic E-state index is -0.753. The molecule has 152 valence electrons. The number of carbonyl (C=O) groups excluding carboxylic acids is 2. The van der Waals surface area contributed by atoms with Crippen molar-refractivity contribution < 1.29 is 14.3 Å². The van der Waals surface area contributed by atoms with Gasteiger partial charge in [0, 0.05) is 30.8 Å². The summed E-state index contributed by atoms with van der Waals surface area (Å²) in [5, 5.41) is 2.98. The first-order chi connectivity index (χ1) is 14.7. The minimum absolute atomic E-state index is 0.150. The lowest BCUT2D eigenvalue weighted by atomic mass is 10.1. The van der Waals surface area contributed by atoms with E-state index in [4.69, 9.17) is 4.74 Å². The van der Waals surface area contributed by atoms with Crippen molar-refractivity contribution in [2.75, 3.05) is 11.4 Å². The Hall–Kier alpha value is -3.60. The molecule has 1 heterocycles. The van der Waals surface area contributed by atoms with Crippen molar-refractivity contribution in [3.63, 3.8) is 0 Å². The average Bonchev–Trinajstić information content (AvgIpc) is 3.23. The van der Waals surface area contributed by atoms with E-state index in [1.807, 2.05) is 84.9 Å². The second-order valence-electron chi connectivity index (χ2n) is 7.26. The number of hydrogen-bond acceptors (Lipinski definition) is 3. The lowest BCUT2D eigenvalue weighted by Crippen LogP contribution is -2.32. The van der Waals surface area contributed by atoms with Gasteiger partial charge < -0.3 is 15.0 Å². The summed E-state index contributed by atoms with van der Waals surface area (Å²) in [5.74, 6) is 0.570. The number of ether oxygens (including phenoxy) is 1. The maximum absolute atomic E-state index is 13.0. The van der Waals surface area contributed by atoms with E-state index in [2.05, 4.69) is 5.32 Å². The van der Waals surface area contributed by atoms with Gasteiger partial charge in [0.05, 0.1) is 0 Å². The third kappa shape index (κ3) is 4.69. The summed E-state index contributed by atoms with van der Waals surface area (Å²) < 4.78 is 6.00. The Balaban J connectivity index is 1.47. The van der Waals surface area contributed by atoms with Crippen LogP contribution in [0.25, 0.3) is 0 Å². The van der Waals surface area contributed by atoms with Crippen molar-refractivity contribution in [2.45, 2.75) is 25.5 Å². The number of hydrogen-bond donors (Lipinski definition) is 1. The maximum Gasteiger partial charge on any atom is 0.266 e. The molecule has 1 aliphatic heterocycles. The second kappa shape index (κ2) is 9.27. The lowest BCUT2D eigenvalue weighted by Gasteiger charge is -2.20. The van der Waals surface area contributed by atoms with E-state index in [0.717, 1.165) is 29.8 Å². The van der Waals surface area contributed by atoms with Gasteiger partial charge in [-0.2, -0.15) is 0 Å². The monoisotopic (exact) mass is 400 g/mol. The van der Waals surface area contributed by atoms with Crippen LogP contribution >= 0.6 is 0 Å². The highest BCUT2D eigenvalue weighted by molar-refractivity contribution is 5.95. The van der Waals surface area contributed by atoms with Gasteiger partial charge in [0.1, 0.15) is 5.75 Å². The van der Waals surface area contributed by atoms with E-state index >= 15 is 0 Å². The zero-order valence-electron chi connectivity index (χ0n) is 16.7. The number of anilines is 1. The average molecular weight is 400 g/mol.